The second-order valence-electron chi connectivity index (χ2n) is 7.55. The first-order valence-electron chi connectivity index (χ1n) is 10.5. The summed E-state index contributed by atoms with van der Waals surface area (Å²) in [6.45, 7) is 5.02. The summed E-state index contributed by atoms with van der Waals surface area (Å²) >= 11 is 0. The molecule has 8 nitrogen and oxygen atoms in total. The fourth-order valence-corrected chi connectivity index (χ4v) is 4.49. The van der Waals surface area contributed by atoms with Gasteiger partial charge in [0.1, 0.15) is 17.9 Å². The molecule has 0 saturated carbocycles. The van der Waals surface area contributed by atoms with Gasteiger partial charge in [0.05, 0.1) is 16.8 Å². The van der Waals surface area contributed by atoms with E-state index >= 15 is 0 Å². The summed E-state index contributed by atoms with van der Waals surface area (Å²) in [5.41, 5.74) is 8.68. The van der Waals surface area contributed by atoms with E-state index in [1.54, 1.807) is 0 Å². The smallest absolute Gasteiger partial charge is 0.209 e. The predicted octanol–water partition coefficient (Wildman–Crippen LogP) is 3.50. The minimum absolute atomic E-state index is 0.0342. The number of hydrogen-bond donors (Lipinski definition) is 2. The first-order chi connectivity index (χ1) is 14.4. The van der Waals surface area contributed by atoms with Crippen LogP contribution in [0.25, 0.3) is 21.9 Å². The molecule has 164 valence electrons. The Hall–Kier alpha value is -2.23. The monoisotopic (exact) mass is 433 g/mol. The van der Waals surface area contributed by atoms with Crippen LogP contribution in [-0.4, -0.2) is 35.3 Å². The number of ether oxygens (including phenoxy) is 1. The lowest BCUT2D eigenvalue weighted by Crippen LogP contribution is -2.19. The highest BCUT2D eigenvalue weighted by atomic mass is 32.2. The number of aromatic nitrogens is 3. The Labute approximate surface area is 177 Å². The van der Waals surface area contributed by atoms with E-state index in [0.29, 0.717) is 37.4 Å². The summed E-state index contributed by atoms with van der Waals surface area (Å²) in [6, 6.07) is 7.93. The highest BCUT2D eigenvalue weighted by Gasteiger charge is 2.23. The van der Waals surface area contributed by atoms with E-state index in [2.05, 4.69) is 16.5 Å². The van der Waals surface area contributed by atoms with Crippen molar-refractivity contribution in [2.24, 2.45) is 5.14 Å². The first kappa shape index (κ1) is 22.5. The van der Waals surface area contributed by atoms with Gasteiger partial charge in [0, 0.05) is 18.0 Å². The second-order valence-corrected chi connectivity index (χ2v) is 9.29. The van der Waals surface area contributed by atoms with Crippen molar-refractivity contribution >= 4 is 37.8 Å². The Balaban J connectivity index is 2.16. The third kappa shape index (κ3) is 5.08. The molecule has 0 aliphatic heterocycles. The molecule has 0 radical (unpaired) electrons. The highest BCUT2D eigenvalue weighted by Crippen LogP contribution is 2.34. The number of para-hydroxylation sites is 1. The Morgan fingerprint density at radius 3 is 2.57 bits per heavy atom. The molecule has 1 atom stereocenters. The lowest BCUT2D eigenvalue weighted by molar-refractivity contribution is 0.124. The van der Waals surface area contributed by atoms with Crippen LogP contribution in [0.5, 0.6) is 0 Å². The molecule has 0 aliphatic carbocycles. The zero-order chi connectivity index (χ0) is 21.7. The number of sulfonamides is 1. The molecule has 3 rings (SSSR count). The largest absolute Gasteiger partial charge is 0.382 e. The third-order valence-electron chi connectivity index (χ3n) is 5.28. The van der Waals surface area contributed by atoms with Crippen molar-refractivity contribution in [2.45, 2.75) is 58.6 Å². The van der Waals surface area contributed by atoms with Gasteiger partial charge < -0.3 is 15.0 Å². The number of primary sulfonamides is 1. The van der Waals surface area contributed by atoms with Crippen molar-refractivity contribution in [2.75, 3.05) is 18.1 Å². The van der Waals surface area contributed by atoms with E-state index in [4.69, 9.17) is 20.6 Å². The predicted molar refractivity (Wildman–Crippen MR) is 121 cm³/mol. The number of hydrogen-bond acceptors (Lipinski definition) is 6. The quantitative estimate of drug-likeness (QED) is 0.476. The van der Waals surface area contributed by atoms with E-state index in [9.17, 15) is 8.42 Å². The fraction of sp³-hybridized carbons (Fsp3) is 0.524. The van der Waals surface area contributed by atoms with Crippen molar-refractivity contribution in [3.8, 4) is 0 Å². The first-order valence-corrected chi connectivity index (χ1v) is 12.2. The van der Waals surface area contributed by atoms with Crippen LogP contribution in [0.2, 0.25) is 0 Å². The molecular formula is C21H31N5O3S. The van der Waals surface area contributed by atoms with E-state index in [1.165, 1.54) is 0 Å². The normalized spacial score (nSPS) is 13.3. The van der Waals surface area contributed by atoms with Crippen molar-refractivity contribution in [3.63, 3.8) is 0 Å². The summed E-state index contributed by atoms with van der Waals surface area (Å²) in [5.74, 6) is 1.14. The van der Waals surface area contributed by atoms with Crippen molar-refractivity contribution in [1.82, 2.24) is 14.5 Å². The third-order valence-corrected chi connectivity index (χ3v) is 6.14. The van der Waals surface area contributed by atoms with Gasteiger partial charge in [0.15, 0.2) is 5.82 Å². The van der Waals surface area contributed by atoms with Crippen LogP contribution in [-0.2, 0) is 21.4 Å². The maximum Gasteiger partial charge on any atom is 0.209 e. The zero-order valence-corrected chi connectivity index (χ0v) is 18.5. The standard InChI is InChI=1S/C21H31N5O3S/c1-3-5-9-15(10-8-13-30(23,27)28)26-18(14-29-4-2)25-19-20(26)16-11-6-7-12-17(16)24-21(19)22/h6-7,11-12,15H,3-5,8-10,13-14H2,1-2H3,(H2,22,24)(H2,23,27,28). The van der Waals surface area contributed by atoms with Gasteiger partial charge in [-0.25, -0.2) is 23.5 Å². The van der Waals surface area contributed by atoms with Gasteiger partial charge in [0.25, 0.3) is 0 Å². The number of nitrogens with zero attached hydrogens (tertiary/aromatic N) is 3. The van der Waals surface area contributed by atoms with Crippen molar-refractivity contribution < 1.29 is 13.2 Å². The van der Waals surface area contributed by atoms with Gasteiger partial charge in [-0.3, -0.25) is 0 Å². The molecule has 0 aliphatic rings. The van der Waals surface area contributed by atoms with Gasteiger partial charge in [0.2, 0.25) is 10.0 Å². The van der Waals surface area contributed by atoms with Gasteiger partial charge in [-0.05, 0) is 32.3 Å². The Morgan fingerprint density at radius 2 is 1.87 bits per heavy atom. The molecule has 0 saturated heterocycles. The lowest BCUT2D eigenvalue weighted by atomic mass is 10.0. The molecule has 2 aromatic heterocycles. The molecular weight excluding hydrogens is 402 g/mol. The maximum atomic E-state index is 11.5. The molecule has 4 N–H and O–H groups in total. The molecule has 30 heavy (non-hydrogen) atoms. The Kier molecular flexibility index (Phi) is 7.27. The van der Waals surface area contributed by atoms with Crippen LogP contribution >= 0.6 is 0 Å². The lowest BCUT2D eigenvalue weighted by Gasteiger charge is -2.22. The highest BCUT2D eigenvalue weighted by molar-refractivity contribution is 7.89. The average Bonchev–Trinajstić information content (AvgIpc) is 3.08. The maximum absolute atomic E-state index is 11.5. The zero-order valence-electron chi connectivity index (χ0n) is 17.7. The fourth-order valence-electron chi connectivity index (χ4n) is 3.92. The molecule has 1 aromatic carbocycles. The average molecular weight is 434 g/mol. The van der Waals surface area contributed by atoms with Crippen LogP contribution in [0.4, 0.5) is 5.82 Å². The van der Waals surface area contributed by atoms with Crippen LogP contribution in [0.1, 0.15) is 57.8 Å². The minimum atomic E-state index is -3.50. The molecule has 9 heteroatoms. The number of unbranched alkanes of at least 4 members (excludes halogenated alkanes) is 1. The van der Waals surface area contributed by atoms with E-state index < -0.39 is 10.0 Å². The summed E-state index contributed by atoms with van der Waals surface area (Å²) in [4.78, 5) is 9.31. The Bertz CT molecular complexity index is 1110. The number of imidazole rings is 1. The number of anilines is 1. The molecule has 2 heterocycles. The number of rotatable bonds is 11. The van der Waals surface area contributed by atoms with E-state index in [0.717, 1.165) is 41.5 Å². The summed E-state index contributed by atoms with van der Waals surface area (Å²) in [7, 11) is -3.50. The molecule has 0 spiro atoms. The molecule has 3 aromatic rings. The van der Waals surface area contributed by atoms with Crippen LogP contribution in [0, 0.1) is 0 Å². The number of nitrogen functional groups attached to an aromatic ring is 1. The van der Waals surface area contributed by atoms with Gasteiger partial charge >= 0.3 is 0 Å². The van der Waals surface area contributed by atoms with E-state index in [1.807, 2.05) is 31.2 Å². The number of benzene rings is 1. The molecule has 1 unspecified atom stereocenters. The van der Waals surface area contributed by atoms with Crippen molar-refractivity contribution in [1.29, 1.82) is 0 Å². The number of fused-ring (bicyclic) bond motifs is 3. The molecule has 0 amide bonds. The Morgan fingerprint density at radius 1 is 1.13 bits per heavy atom. The van der Waals surface area contributed by atoms with E-state index in [-0.39, 0.29) is 11.8 Å². The van der Waals surface area contributed by atoms with Gasteiger partial charge in [-0.15, -0.1) is 0 Å². The SMILES string of the molecule is CCCCC(CCCS(N)(=O)=O)n1c(COCC)nc2c(N)nc3ccccc3c21. The van der Waals surface area contributed by atoms with Gasteiger partial charge in [-0.2, -0.15) is 0 Å². The summed E-state index contributed by atoms with van der Waals surface area (Å²) < 4.78 is 30.8. The van der Waals surface area contributed by atoms with Gasteiger partial charge in [-0.1, -0.05) is 38.0 Å². The second kappa shape index (κ2) is 9.72. The summed E-state index contributed by atoms with van der Waals surface area (Å²) in [5, 5.41) is 6.21. The molecule has 0 bridgehead atoms. The van der Waals surface area contributed by atoms with Crippen molar-refractivity contribution in [3.05, 3.63) is 30.1 Å². The topological polar surface area (TPSA) is 126 Å². The summed E-state index contributed by atoms with van der Waals surface area (Å²) in [6.07, 6.45) is 4.13. The van der Waals surface area contributed by atoms with Crippen LogP contribution in [0.3, 0.4) is 0 Å². The number of pyridine rings is 1. The minimum Gasteiger partial charge on any atom is -0.382 e. The molecule has 0 fully saturated rings. The number of nitrogens with two attached hydrogens (primary N) is 2. The van der Waals surface area contributed by atoms with Crippen LogP contribution < -0.4 is 10.9 Å². The van der Waals surface area contributed by atoms with Crippen LogP contribution in [0.15, 0.2) is 24.3 Å².